The van der Waals surface area contributed by atoms with Gasteiger partial charge in [-0.25, -0.2) is 0 Å². The van der Waals surface area contributed by atoms with Gasteiger partial charge in [-0.2, -0.15) is 0 Å². The largest absolute Gasteiger partial charge is 0 e. The molecule has 0 rings (SSSR count). The number of rotatable bonds is 0. The minimum absolute atomic E-state index is 0. The molecular weight excluding hydrogens is 335 g/mol. The molecule has 0 nitrogen and oxygen atoms in total. The van der Waals surface area contributed by atoms with Gasteiger partial charge in [-0.15, -0.1) is 0 Å². The van der Waals surface area contributed by atoms with Crippen LogP contribution in [0, 0.1) is 41.7 Å². The summed E-state index contributed by atoms with van der Waals surface area (Å²) in [5, 5.41) is 0. The van der Waals surface area contributed by atoms with Gasteiger partial charge in [-0.3, -0.25) is 0 Å². The van der Waals surface area contributed by atoms with E-state index in [0.717, 1.165) is 0 Å². The first-order valence-corrected chi connectivity index (χ1v) is 0. The van der Waals surface area contributed by atoms with Crippen LogP contribution in [0.3, 0.4) is 0 Å². The van der Waals surface area contributed by atoms with E-state index < -0.39 is 0 Å². The fraction of sp³-hybridized carbons (Fsp3) is 0. The van der Waals surface area contributed by atoms with Gasteiger partial charge in [-0.05, 0) is 11.0 Å². The first-order chi connectivity index (χ1) is 0. The molecule has 0 amide bonds. The smallest absolute Gasteiger partial charge is 0 e. The number of hydrogen-bond acceptors (Lipinski definition) is 0. The minimum Gasteiger partial charge on any atom is 0 e. The molecule has 0 unspecified atom stereocenters. The Labute approximate surface area is 96.1 Å². The van der Waals surface area contributed by atoms with Crippen LogP contribution < -0.4 is 0 Å². The maximum atomic E-state index is 0. The second-order valence-corrected chi connectivity index (χ2v) is 0. The topological polar surface area (TPSA) is 0 Å². The molecule has 0 aromatic heterocycles. The molecule has 0 saturated heterocycles. The maximum Gasteiger partial charge on any atom is 0 e. The van der Waals surface area contributed by atoms with Gasteiger partial charge < -0.3 is 0 Å². The van der Waals surface area contributed by atoms with Crippen molar-refractivity contribution in [1.29, 1.82) is 0 Å². The number of hydrogen-bond donors (Lipinski definition) is 0. The van der Waals surface area contributed by atoms with Crippen molar-refractivity contribution in [1.82, 2.24) is 0 Å². The fourth-order valence-electron chi connectivity index (χ4n) is 0. The van der Waals surface area contributed by atoms with E-state index in [4.69, 9.17) is 0 Å². The Hall–Kier alpha value is 3.11. The Balaban J connectivity index is 0. The summed E-state index contributed by atoms with van der Waals surface area (Å²) in [6, 6.07) is 0. The van der Waals surface area contributed by atoms with E-state index in [1.54, 1.807) is 0 Å². The van der Waals surface area contributed by atoms with Crippen LogP contribution in [0.5, 0.6) is 0 Å². The van der Waals surface area contributed by atoms with Crippen LogP contribution >= 0.6 is 0 Å². The molecule has 0 aliphatic carbocycles. The monoisotopic (exact) mass is 342 g/mol. The third kappa shape index (κ3) is 8.92. The van der Waals surface area contributed by atoms with Crippen molar-refractivity contribution < 1.29 is 63.5 Å². The second kappa shape index (κ2) is 16.5. The van der Waals surface area contributed by atoms with Crippen LogP contribution in [-0.2, 0) is 21.7 Å². The van der Waals surface area contributed by atoms with Gasteiger partial charge >= 0.3 is 23.9 Å². The van der Waals surface area contributed by atoms with Gasteiger partial charge in [0.25, 0.3) is 0 Å². The minimum atomic E-state index is 0. The van der Waals surface area contributed by atoms with Crippen molar-refractivity contribution in [3.63, 3.8) is 0 Å². The van der Waals surface area contributed by atoms with Crippen molar-refractivity contribution >= 4 is 34.9 Å². The fourth-order valence-corrected chi connectivity index (χ4v) is 0. The summed E-state index contributed by atoms with van der Waals surface area (Å²) in [6.45, 7) is 0. The summed E-state index contributed by atoms with van der Waals surface area (Å²) in [4.78, 5) is 0. The molecule has 0 spiro atoms. The second-order valence-electron chi connectivity index (χ2n) is 0. The molecule has 4 heteroatoms. The van der Waals surface area contributed by atoms with Crippen molar-refractivity contribution in [3.05, 3.63) is 0 Å². The van der Waals surface area contributed by atoms with Crippen molar-refractivity contribution in [2.24, 2.45) is 0 Å². The summed E-state index contributed by atoms with van der Waals surface area (Å²) in [5.74, 6) is 0. The standard InChI is InChI=1S/Ce.H4Si.Sn.Ti.2H/h;1H4;;;;. The van der Waals surface area contributed by atoms with Gasteiger partial charge in [0.05, 0.1) is 0 Å². The van der Waals surface area contributed by atoms with Crippen LogP contribution in [0.4, 0.5) is 0 Å². The average molecular weight is 341 g/mol. The normalized spacial score (nSPS) is 0. The summed E-state index contributed by atoms with van der Waals surface area (Å²) < 4.78 is 0. The third-order valence-electron chi connectivity index (χ3n) is 0. The van der Waals surface area contributed by atoms with Crippen LogP contribution in [0.15, 0.2) is 0 Å². The molecule has 0 N–H and O–H groups in total. The predicted octanol–water partition coefficient (Wildman–Crippen LogP) is -2.37. The molecule has 0 fully saturated rings. The van der Waals surface area contributed by atoms with Crippen LogP contribution in [0.25, 0.3) is 0 Å². The van der Waals surface area contributed by atoms with Crippen molar-refractivity contribution in [2.75, 3.05) is 0 Å². The summed E-state index contributed by atoms with van der Waals surface area (Å²) in [6.07, 6.45) is 0. The Kier molecular flexibility index (Phi) is 113. The van der Waals surface area contributed by atoms with Gasteiger partial charge in [0.15, 0.2) is 0 Å². The van der Waals surface area contributed by atoms with E-state index in [-0.39, 0.29) is 98.3 Å². The van der Waals surface area contributed by atoms with Crippen molar-refractivity contribution in [2.45, 2.75) is 0 Å². The van der Waals surface area contributed by atoms with E-state index in [1.807, 2.05) is 0 Å². The van der Waals surface area contributed by atoms with Crippen LogP contribution in [0.1, 0.15) is 0 Å². The molecule has 0 aliphatic heterocycles. The predicted molar refractivity (Wildman–Crippen MR) is 19.9 cm³/mol. The zero-order valence-electron chi connectivity index (χ0n) is 1.71. The molecule has 0 atom stereocenters. The molecule has 4 heavy (non-hydrogen) atoms. The molecule has 0 aliphatic rings. The molecule has 2 radical (unpaired) electrons. The summed E-state index contributed by atoms with van der Waals surface area (Å²) >= 11 is 0. The Bertz CT molecular complexity index is 8.00. The Morgan fingerprint density at radius 3 is 1.00 bits per heavy atom. The molecule has 0 heterocycles. The van der Waals surface area contributed by atoms with Crippen molar-refractivity contribution in [3.8, 4) is 0 Å². The zero-order chi connectivity index (χ0) is 0. The van der Waals surface area contributed by atoms with Gasteiger partial charge in [-0.1, -0.05) is 0 Å². The van der Waals surface area contributed by atoms with Crippen LogP contribution in [0.2, 0.25) is 0 Å². The third-order valence-corrected chi connectivity index (χ3v) is 0. The average Bonchev–Trinajstić information content (AvgIpc) is 0. The first-order valence-electron chi connectivity index (χ1n) is 0. The molecular formula is H6CeSiSnTi. The Morgan fingerprint density at radius 1 is 1.00 bits per heavy atom. The van der Waals surface area contributed by atoms with E-state index in [1.165, 1.54) is 0 Å². The van der Waals surface area contributed by atoms with E-state index >= 15 is 0 Å². The zero-order valence-corrected chi connectivity index (χ0v) is 10.4. The van der Waals surface area contributed by atoms with Gasteiger partial charge in [0.2, 0.25) is 0 Å². The molecule has 0 aromatic rings. The molecule has 22 valence electrons. The summed E-state index contributed by atoms with van der Waals surface area (Å²) in [5.41, 5.74) is 0. The van der Waals surface area contributed by atoms with Crippen LogP contribution in [-0.4, -0.2) is 34.9 Å². The Morgan fingerprint density at radius 2 is 1.00 bits per heavy atom. The first kappa shape index (κ1) is 27.5. The van der Waals surface area contributed by atoms with E-state index in [0.29, 0.717) is 0 Å². The van der Waals surface area contributed by atoms with Gasteiger partial charge in [0.1, 0.15) is 0 Å². The van der Waals surface area contributed by atoms with Gasteiger partial charge in [0, 0.05) is 63.5 Å². The molecule has 0 saturated carbocycles. The quantitative estimate of drug-likeness (QED) is 0.433. The summed E-state index contributed by atoms with van der Waals surface area (Å²) in [7, 11) is 0. The molecule has 0 bridgehead atoms. The van der Waals surface area contributed by atoms with E-state index in [2.05, 4.69) is 0 Å². The maximum absolute atomic E-state index is 0. The molecule has 0 aromatic carbocycles. The SMILES string of the molecule is [Ce].[SiH4].[SnH2].[Ti]. The van der Waals surface area contributed by atoms with E-state index in [9.17, 15) is 0 Å².